The number of carbonyl (C=O) groups excluding carboxylic acids is 2. The smallest absolute Gasteiger partial charge is 0.410 e. The predicted octanol–water partition coefficient (Wildman–Crippen LogP) is 1.67. The van der Waals surface area contributed by atoms with Crippen molar-refractivity contribution in [3.8, 4) is 0 Å². The van der Waals surface area contributed by atoms with Crippen LogP contribution >= 0.6 is 0 Å². The second-order valence-electron chi connectivity index (χ2n) is 8.84. The van der Waals surface area contributed by atoms with Crippen molar-refractivity contribution in [1.29, 1.82) is 5.41 Å². The fourth-order valence-corrected chi connectivity index (χ4v) is 4.06. The number of amidine groups is 1. The lowest BCUT2D eigenvalue weighted by Crippen LogP contribution is -2.49. The van der Waals surface area contributed by atoms with E-state index in [4.69, 9.17) is 20.0 Å². The Balaban J connectivity index is 1.44. The molecule has 1 fully saturated rings. The zero-order valence-electron chi connectivity index (χ0n) is 20.9. The first-order valence-corrected chi connectivity index (χ1v) is 11.9. The summed E-state index contributed by atoms with van der Waals surface area (Å²) in [5, 5.41) is 27.2. The van der Waals surface area contributed by atoms with Gasteiger partial charge in [-0.05, 0) is 36.0 Å². The van der Waals surface area contributed by atoms with E-state index in [0.29, 0.717) is 25.1 Å². The molecule has 11 heteroatoms. The predicted molar refractivity (Wildman–Crippen MR) is 136 cm³/mol. The topological polar surface area (TPSA) is 162 Å². The summed E-state index contributed by atoms with van der Waals surface area (Å²) in [5.41, 5.74) is 3.35. The van der Waals surface area contributed by atoms with Crippen LogP contribution in [-0.4, -0.2) is 61.4 Å². The summed E-state index contributed by atoms with van der Waals surface area (Å²) in [7, 11) is 1.58. The molecule has 0 spiro atoms. The van der Waals surface area contributed by atoms with Gasteiger partial charge in [0.05, 0.1) is 12.6 Å². The van der Waals surface area contributed by atoms with E-state index in [9.17, 15) is 14.4 Å². The SMILES string of the molecule is COCOCc1cccc([C@@H]2CNC(C(=O)N[C@@H](C)C(=O)NCc3ccc(C(=N)NC(=O)O)cc3)C2)c1. The number of carboxylic acid groups (broad SMARTS) is 1. The van der Waals surface area contributed by atoms with E-state index in [1.807, 2.05) is 23.5 Å². The molecule has 6 N–H and O–H groups in total. The molecular formula is C26H33N5O6. The van der Waals surface area contributed by atoms with Crippen LogP contribution in [0.5, 0.6) is 0 Å². The molecule has 1 heterocycles. The van der Waals surface area contributed by atoms with Crippen molar-refractivity contribution in [2.75, 3.05) is 20.4 Å². The number of rotatable bonds is 11. The van der Waals surface area contributed by atoms with Crippen molar-refractivity contribution < 1.29 is 29.0 Å². The lowest BCUT2D eigenvalue weighted by Gasteiger charge is -2.17. The second kappa shape index (κ2) is 13.5. The van der Waals surface area contributed by atoms with Crippen LogP contribution < -0.4 is 21.3 Å². The maximum atomic E-state index is 12.8. The summed E-state index contributed by atoms with van der Waals surface area (Å²) in [6, 6.07) is 13.5. The molecule has 37 heavy (non-hydrogen) atoms. The summed E-state index contributed by atoms with van der Waals surface area (Å²) in [5.74, 6) is -0.599. The highest BCUT2D eigenvalue weighted by Gasteiger charge is 2.31. The fraction of sp³-hybridized carbons (Fsp3) is 0.385. The van der Waals surface area contributed by atoms with Gasteiger partial charge in [-0.25, -0.2) is 4.79 Å². The molecule has 198 valence electrons. The van der Waals surface area contributed by atoms with Gasteiger partial charge in [0.15, 0.2) is 0 Å². The first-order chi connectivity index (χ1) is 17.8. The standard InChI is InChI=1S/C26H33N5O6/c1-16(24(32)29-12-17-6-8-19(9-7-17)23(27)31-26(34)35)30-25(33)22-11-21(13-28-22)20-5-3-4-18(10-20)14-37-15-36-2/h3-10,16,21-22,28H,11-15H2,1-2H3,(H2,27,31)(H,29,32)(H,30,33)(H,34,35)/t16-,21-,22?/m0/s1. The molecule has 3 atom stereocenters. The number of nitrogens with one attached hydrogen (secondary N) is 5. The average molecular weight is 512 g/mol. The Hall–Kier alpha value is -3.80. The molecule has 3 rings (SSSR count). The molecule has 1 aliphatic rings. The molecule has 0 bridgehead atoms. The van der Waals surface area contributed by atoms with Crippen LogP contribution in [0.25, 0.3) is 0 Å². The van der Waals surface area contributed by atoms with Gasteiger partial charge in [0.25, 0.3) is 0 Å². The third-order valence-corrected chi connectivity index (χ3v) is 6.03. The summed E-state index contributed by atoms with van der Waals surface area (Å²) in [6.07, 6.45) is -0.681. The molecule has 1 unspecified atom stereocenters. The molecule has 0 aromatic heterocycles. The number of methoxy groups -OCH3 is 1. The Kier molecular flexibility index (Phi) is 10.1. The van der Waals surface area contributed by atoms with E-state index in [1.165, 1.54) is 0 Å². The van der Waals surface area contributed by atoms with Crippen molar-refractivity contribution in [3.63, 3.8) is 0 Å². The first-order valence-electron chi connectivity index (χ1n) is 11.9. The van der Waals surface area contributed by atoms with Crippen molar-refractivity contribution in [2.24, 2.45) is 0 Å². The maximum Gasteiger partial charge on any atom is 0.410 e. The molecule has 2 aromatic rings. The van der Waals surface area contributed by atoms with Gasteiger partial charge in [0, 0.05) is 25.8 Å². The van der Waals surface area contributed by atoms with Crippen LogP contribution in [0.2, 0.25) is 0 Å². The van der Waals surface area contributed by atoms with E-state index < -0.39 is 18.2 Å². The number of ether oxygens (including phenoxy) is 2. The van der Waals surface area contributed by atoms with Crippen LogP contribution in [0.1, 0.15) is 41.5 Å². The van der Waals surface area contributed by atoms with Gasteiger partial charge in [-0.3, -0.25) is 20.3 Å². The zero-order chi connectivity index (χ0) is 26.8. The Bertz CT molecular complexity index is 1110. The maximum absolute atomic E-state index is 12.8. The van der Waals surface area contributed by atoms with E-state index in [1.54, 1.807) is 38.3 Å². The zero-order valence-corrected chi connectivity index (χ0v) is 20.9. The Morgan fingerprint density at radius 2 is 1.92 bits per heavy atom. The quantitative estimate of drug-likeness (QED) is 0.116. The molecule has 0 aliphatic carbocycles. The Labute approximate surface area is 215 Å². The monoisotopic (exact) mass is 511 g/mol. The third kappa shape index (κ3) is 8.38. The highest BCUT2D eigenvalue weighted by molar-refractivity contribution is 6.04. The van der Waals surface area contributed by atoms with Crippen LogP contribution in [0, 0.1) is 5.41 Å². The largest absolute Gasteiger partial charge is 0.465 e. The van der Waals surface area contributed by atoms with Gasteiger partial charge >= 0.3 is 6.09 Å². The highest BCUT2D eigenvalue weighted by Crippen LogP contribution is 2.26. The summed E-state index contributed by atoms with van der Waals surface area (Å²) in [6.45, 7) is 3.20. The minimum Gasteiger partial charge on any atom is -0.465 e. The van der Waals surface area contributed by atoms with E-state index >= 15 is 0 Å². The van der Waals surface area contributed by atoms with Gasteiger partial charge in [0.1, 0.15) is 18.7 Å². The van der Waals surface area contributed by atoms with Crippen LogP contribution in [0.15, 0.2) is 48.5 Å². The molecule has 1 aliphatic heterocycles. The highest BCUT2D eigenvalue weighted by atomic mass is 16.7. The summed E-state index contributed by atoms with van der Waals surface area (Å²) >= 11 is 0. The van der Waals surface area contributed by atoms with Crippen molar-refractivity contribution in [2.45, 2.75) is 44.5 Å². The third-order valence-electron chi connectivity index (χ3n) is 6.03. The van der Waals surface area contributed by atoms with Gasteiger partial charge in [0.2, 0.25) is 11.8 Å². The normalized spacial score (nSPS) is 17.6. The van der Waals surface area contributed by atoms with Gasteiger partial charge < -0.3 is 30.5 Å². The Morgan fingerprint density at radius 3 is 2.62 bits per heavy atom. The van der Waals surface area contributed by atoms with Gasteiger partial charge in [-0.1, -0.05) is 48.5 Å². The minimum atomic E-state index is -1.31. The van der Waals surface area contributed by atoms with Crippen LogP contribution in [0.3, 0.4) is 0 Å². The number of hydrogen-bond acceptors (Lipinski definition) is 7. The molecular weight excluding hydrogens is 478 g/mol. The van der Waals surface area contributed by atoms with Crippen LogP contribution in [0.4, 0.5) is 4.79 Å². The number of amides is 3. The number of carbonyl (C=O) groups is 3. The lowest BCUT2D eigenvalue weighted by atomic mass is 9.94. The lowest BCUT2D eigenvalue weighted by molar-refractivity contribution is -0.129. The second-order valence-corrected chi connectivity index (χ2v) is 8.84. The molecule has 1 saturated heterocycles. The van der Waals surface area contributed by atoms with E-state index in [-0.39, 0.29) is 36.9 Å². The average Bonchev–Trinajstić information content (AvgIpc) is 3.38. The van der Waals surface area contributed by atoms with Crippen molar-refractivity contribution in [3.05, 3.63) is 70.8 Å². The molecule has 2 aromatic carbocycles. The van der Waals surface area contributed by atoms with Crippen LogP contribution in [-0.2, 0) is 32.2 Å². The number of benzene rings is 2. The summed E-state index contributed by atoms with van der Waals surface area (Å²) < 4.78 is 10.3. The molecule has 0 radical (unpaired) electrons. The van der Waals surface area contributed by atoms with Gasteiger partial charge in [-0.2, -0.15) is 0 Å². The fourth-order valence-electron chi connectivity index (χ4n) is 4.06. The van der Waals surface area contributed by atoms with Gasteiger partial charge in [-0.15, -0.1) is 0 Å². The van der Waals surface area contributed by atoms with E-state index in [0.717, 1.165) is 16.7 Å². The Morgan fingerprint density at radius 1 is 1.16 bits per heavy atom. The summed E-state index contributed by atoms with van der Waals surface area (Å²) in [4.78, 5) is 35.9. The van der Waals surface area contributed by atoms with Crippen molar-refractivity contribution in [1.82, 2.24) is 21.3 Å². The first kappa shape index (κ1) is 27.8. The van der Waals surface area contributed by atoms with Crippen molar-refractivity contribution >= 4 is 23.7 Å². The minimum absolute atomic E-state index is 0.178. The molecule has 11 nitrogen and oxygen atoms in total. The molecule has 3 amide bonds. The molecule has 0 saturated carbocycles. The number of hydrogen-bond donors (Lipinski definition) is 6. The van der Waals surface area contributed by atoms with E-state index in [2.05, 4.69) is 22.0 Å².